The standard InChI is InChI=1S/C28H31N3O4/c32-25-24-27(34)30(20-10-16-35-17-11-20)14-15-31(24)23(29-26(25)33)18-28(12-3-4-13-28)22-9-5-7-19-6-1-2-8-21(19)22/h1-2,5-9,20,32H,3-4,10-18H2. The molecular formula is C28H31N3O4. The van der Waals surface area contributed by atoms with Crippen LogP contribution in [-0.2, 0) is 23.1 Å². The molecule has 182 valence electrons. The first kappa shape index (κ1) is 22.3. The van der Waals surface area contributed by atoms with Crippen molar-refractivity contribution in [2.45, 2.75) is 62.9 Å². The molecule has 2 aromatic carbocycles. The van der Waals surface area contributed by atoms with Crippen molar-refractivity contribution in [3.8, 4) is 5.75 Å². The summed E-state index contributed by atoms with van der Waals surface area (Å²) < 4.78 is 7.28. The fourth-order valence-corrected chi connectivity index (χ4v) is 6.56. The van der Waals surface area contributed by atoms with E-state index in [-0.39, 0.29) is 23.1 Å². The van der Waals surface area contributed by atoms with Crippen molar-refractivity contribution in [1.82, 2.24) is 14.5 Å². The van der Waals surface area contributed by atoms with E-state index in [4.69, 9.17) is 4.74 Å². The predicted octanol–water partition coefficient (Wildman–Crippen LogP) is 3.79. The molecular weight excluding hydrogens is 442 g/mol. The van der Waals surface area contributed by atoms with Crippen LogP contribution in [0, 0.1) is 0 Å². The zero-order valence-electron chi connectivity index (χ0n) is 19.9. The van der Waals surface area contributed by atoms with Gasteiger partial charge in [-0.25, -0.2) is 0 Å². The maximum atomic E-state index is 13.5. The predicted molar refractivity (Wildman–Crippen MR) is 133 cm³/mol. The molecule has 3 aliphatic rings. The molecule has 1 saturated carbocycles. The molecule has 1 saturated heterocycles. The molecule has 35 heavy (non-hydrogen) atoms. The topological polar surface area (TPSA) is 84.7 Å². The summed E-state index contributed by atoms with van der Waals surface area (Å²) >= 11 is 0. The van der Waals surface area contributed by atoms with Gasteiger partial charge < -0.3 is 19.3 Å². The number of ether oxygens (including phenoxy) is 1. The van der Waals surface area contributed by atoms with E-state index in [0.29, 0.717) is 38.5 Å². The molecule has 0 radical (unpaired) electrons. The summed E-state index contributed by atoms with van der Waals surface area (Å²) in [5.74, 6) is -0.189. The largest absolute Gasteiger partial charge is 0.501 e. The molecule has 0 bridgehead atoms. The van der Waals surface area contributed by atoms with Crippen molar-refractivity contribution in [3.63, 3.8) is 0 Å². The third kappa shape index (κ3) is 3.73. The SMILES string of the molecule is O=C1c2c(O)c(=O)nc(CC3(c4cccc5ccccc45)CCCC3)n2CCN1C1CCOCC1. The van der Waals surface area contributed by atoms with Crippen LogP contribution < -0.4 is 5.56 Å². The Morgan fingerprint density at radius 1 is 1.00 bits per heavy atom. The molecule has 3 aromatic rings. The first-order valence-corrected chi connectivity index (χ1v) is 12.8. The van der Waals surface area contributed by atoms with E-state index in [1.54, 1.807) is 0 Å². The second-order valence-corrected chi connectivity index (χ2v) is 10.2. The monoisotopic (exact) mass is 473 g/mol. The summed E-state index contributed by atoms with van der Waals surface area (Å²) in [6.45, 7) is 2.33. The van der Waals surface area contributed by atoms with Crippen molar-refractivity contribution in [2.75, 3.05) is 19.8 Å². The molecule has 0 atom stereocenters. The van der Waals surface area contributed by atoms with Gasteiger partial charge in [0.05, 0.1) is 0 Å². The summed E-state index contributed by atoms with van der Waals surface area (Å²) in [6, 6.07) is 15.0. The highest BCUT2D eigenvalue weighted by Gasteiger charge is 2.40. The van der Waals surface area contributed by atoms with Crippen molar-refractivity contribution in [1.29, 1.82) is 0 Å². The normalized spacial score (nSPS) is 20.3. The average Bonchev–Trinajstić information content (AvgIpc) is 3.36. The Morgan fingerprint density at radius 2 is 1.74 bits per heavy atom. The molecule has 3 heterocycles. The van der Waals surface area contributed by atoms with Gasteiger partial charge >= 0.3 is 5.56 Å². The Kier molecular flexibility index (Phi) is 5.60. The van der Waals surface area contributed by atoms with E-state index < -0.39 is 11.3 Å². The van der Waals surface area contributed by atoms with E-state index in [0.717, 1.165) is 38.5 Å². The van der Waals surface area contributed by atoms with Crippen LogP contribution in [0.5, 0.6) is 5.75 Å². The van der Waals surface area contributed by atoms with Crippen LogP contribution >= 0.6 is 0 Å². The average molecular weight is 474 g/mol. The third-order valence-electron chi connectivity index (χ3n) is 8.32. The molecule has 1 aromatic heterocycles. The Balaban J connectivity index is 1.43. The molecule has 1 amide bonds. The zero-order chi connectivity index (χ0) is 24.0. The van der Waals surface area contributed by atoms with Crippen molar-refractivity contribution >= 4 is 16.7 Å². The summed E-state index contributed by atoms with van der Waals surface area (Å²) in [7, 11) is 0. The van der Waals surface area contributed by atoms with Gasteiger partial charge in [-0.2, -0.15) is 4.98 Å². The number of hydrogen-bond donors (Lipinski definition) is 1. The lowest BCUT2D eigenvalue weighted by atomic mass is 9.74. The highest BCUT2D eigenvalue weighted by molar-refractivity contribution is 5.96. The van der Waals surface area contributed by atoms with Gasteiger partial charge in [-0.15, -0.1) is 0 Å². The molecule has 6 rings (SSSR count). The minimum Gasteiger partial charge on any atom is -0.501 e. The van der Waals surface area contributed by atoms with E-state index in [2.05, 4.69) is 47.4 Å². The molecule has 1 N–H and O–H groups in total. The summed E-state index contributed by atoms with van der Waals surface area (Å²) in [5, 5.41) is 13.1. The zero-order valence-corrected chi connectivity index (χ0v) is 19.9. The number of hydrogen-bond acceptors (Lipinski definition) is 5. The smallest absolute Gasteiger partial charge is 0.315 e. The summed E-state index contributed by atoms with van der Waals surface area (Å²) in [6.07, 6.45) is 6.39. The number of benzene rings is 2. The van der Waals surface area contributed by atoms with Gasteiger partial charge in [0.25, 0.3) is 5.91 Å². The lowest BCUT2D eigenvalue weighted by molar-refractivity contribution is 0.0234. The van der Waals surface area contributed by atoms with Crippen molar-refractivity contribution < 1.29 is 14.6 Å². The van der Waals surface area contributed by atoms with Crippen LogP contribution in [-0.4, -0.2) is 51.3 Å². The highest BCUT2D eigenvalue weighted by atomic mass is 16.5. The first-order chi connectivity index (χ1) is 17.1. The second kappa shape index (κ2) is 8.79. The lowest BCUT2D eigenvalue weighted by Crippen LogP contribution is -2.50. The van der Waals surface area contributed by atoms with Gasteiger partial charge in [-0.1, -0.05) is 55.3 Å². The van der Waals surface area contributed by atoms with Gasteiger partial charge in [-0.05, 0) is 42.0 Å². The summed E-state index contributed by atoms with van der Waals surface area (Å²) in [4.78, 5) is 32.5. The van der Waals surface area contributed by atoms with Crippen LogP contribution in [0.25, 0.3) is 10.8 Å². The minimum atomic E-state index is -0.709. The Morgan fingerprint density at radius 3 is 2.54 bits per heavy atom. The Hall–Kier alpha value is -3.19. The highest BCUT2D eigenvalue weighted by Crippen LogP contribution is 2.46. The second-order valence-electron chi connectivity index (χ2n) is 10.2. The minimum absolute atomic E-state index is 0.0768. The molecule has 2 aliphatic heterocycles. The number of carbonyl (C=O) groups excluding carboxylic acids is 1. The van der Waals surface area contributed by atoms with Gasteiger partial charge in [0.1, 0.15) is 5.82 Å². The molecule has 7 nitrogen and oxygen atoms in total. The van der Waals surface area contributed by atoms with Gasteiger partial charge in [0, 0.05) is 44.2 Å². The molecule has 0 unspecified atom stereocenters. The van der Waals surface area contributed by atoms with Crippen molar-refractivity contribution in [2.24, 2.45) is 0 Å². The van der Waals surface area contributed by atoms with Gasteiger partial charge in [-0.3, -0.25) is 9.59 Å². The molecule has 2 fully saturated rings. The van der Waals surface area contributed by atoms with E-state index in [1.807, 2.05) is 9.47 Å². The number of amides is 1. The Labute approximate surface area is 204 Å². The summed E-state index contributed by atoms with van der Waals surface area (Å²) in [5.41, 5.74) is 0.526. The number of aromatic hydroxyl groups is 1. The number of aromatic nitrogens is 2. The fraction of sp³-hybridized carbons (Fsp3) is 0.464. The maximum absolute atomic E-state index is 13.5. The van der Waals surface area contributed by atoms with Gasteiger partial charge in [0.2, 0.25) is 5.75 Å². The van der Waals surface area contributed by atoms with E-state index in [9.17, 15) is 14.7 Å². The van der Waals surface area contributed by atoms with Crippen molar-refractivity contribution in [3.05, 3.63) is 69.9 Å². The number of fused-ring (bicyclic) bond motifs is 2. The number of carbonyl (C=O) groups is 1. The van der Waals surface area contributed by atoms with Crippen LogP contribution in [0.3, 0.4) is 0 Å². The third-order valence-corrected chi connectivity index (χ3v) is 8.32. The number of rotatable bonds is 4. The first-order valence-electron chi connectivity index (χ1n) is 12.8. The van der Waals surface area contributed by atoms with Crippen LogP contribution in [0.1, 0.15) is 60.4 Å². The lowest BCUT2D eigenvalue weighted by Gasteiger charge is -2.39. The number of nitrogens with zero attached hydrogens (tertiary/aromatic N) is 3. The Bertz CT molecular complexity index is 1330. The van der Waals surface area contributed by atoms with Crippen LogP contribution in [0.4, 0.5) is 0 Å². The van der Waals surface area contributed by atoms with Crippen LogP contribution in [0.15, 0.2) is 47.3 Å². The quantitative estimate of drug-likeness (QED) is 0.623. The van der Waals surface area contributed by atoms with Gasteiger partial charge in [0.15, 0.2) is 5.69 Å². The molecule has 0 spiro atoms. The van der Waals surface area contributed by atoms with E-state index in [1.165, 1.54) is 16.3 Å². The van der Waals surface area contributed by atoms with E-state index >= 15 is 0 Å². The fourth-order valence-electron chi connectivity index (χ4n) is 6.56. The molecule has 1 aliphatic carbocycles. The van der Waals surface area contributed by atoms with Crippen LogP contribution in [0.2, 0.25) is 0 Å². The molecule has 7 heteroatoms. The maximum Gasteiger partial charge on any atom is 0.315 e.